The first kappa shape index (κ1) is 19.3. The molecule has 0 spiro atoms. The van der Waals surface area contributed by atoms with Crippen molar-refractivity contribution in [3.05, 3.63) is 52.1 Å². The Morgan fingerprint density at radius 1 is 1.27 bits per heavy atom. The molecule has 0 radical (unpaired) electrons. The van der Waals surface area contributed by atoms with Gasteiger partial charge < -0.3 is 4.90 Å². The van der Waals surface area contributed by atoms with E-state index in [0.29, 0.717) is 25.9 Å². The van der Waals surface area contributed by atoms with E-state index in [0.717, 1.165) is 11.3 Å². The minimum atomic E-state index is -3.52. The van der Waals surface area contributed by atoms with E-state index < -0.39 is 15.8 Å². The van der Waals surface area contributed by atoms with E-state index in [2.05, 4.69) is 4.72 Å². The number of benzene rings is 1. The fourth-order valence-electron chi connectivity index (χ4n) is 2.90. The van der Waals surface area contributed by atoms with E-state index in [-0.39, 0.29) is 33.2 Å². The Balaban J connectivity index is 1.56. The molecule has 2 heterocycles. The van der Waals surface area contributed by atoms with Crippen LogP contribution in [0.4, 0.5) is 4.39 Å². The summed E-state index contributed by atoms with van der Waals surface area (Å²) in [6.45, 7) is 0.838. The van der Waals surface area contributed by atoms with Crippen molar-refractivity contribution in [3.8, 4) is 0 Å². The Bertz CT molecular complexity index is 859. The van der Waals surface area contributed by atoms with Crippen LogP contribution in [-0.4, -0.2) is 38.4 Å². The fraction of sp³-hybridized carbons (Fsp3) is 0.353. The number of piperidine rings is 1. The standard InChI is InChI=1S/C17H18ClFN2O3S2/c18-14-3-1-4-15(19)13(14)11-16(22)21-8-6-12(7-9-21)20-26(23,24)17-5-2-10-25-17/h1-5,10,12,20H,6-9,11H2. The van der Waals surface area contributed by atoms with Gasteiger partial charge in [-0.25, -0.2) is 17.5 Å². The van der Waals surface area contributed by atoms with Crippen LogP contribution in [0.5, 0.6) is 0 Å². The van der Waals surface area contributed by atoms with E-state index in [1.807, 2.05) is 0 Å². The lowest BCUT2D eigenvalue weighted by Gasteiger charge is -2.32. The molecule has 0 atom stereocenters. The third-order valence-corrected chi connectivity index (χ3v) is 7.59. The second-order valence-electron chi connectivity index (χ2n) is 6.09. The largest absolute Gasteiger partial charge is 0.342 e. The Morgan fingerprint density at radius 2 is 2.00 bits per heavy atom. The van der Waals surface area contributed by atoms with Crippen LogP contribution in [0.1, 0.15) is 18.4 Å². The molecular weight excluding hydrogens is 399 g/mol. The summed E-state index contributed by atoms with van der Waals surface area (Å²) in [5, 5.41) is 1.95. The van der Waals surface area contributed by atoms with E-state index in [1.165, 1.54) is 12.1 Å². The van der Waals surface area contributed by atoms with Gasteiger partial charge in [0.1, 0.15) is 10.0 Å². The van der Waals surface area contributed by atoms with Crippen LogP contribution in [0.15, 0.2) is 39.9 Å². The molecule has 1 aliphatic rings. The quantitative estimate of drug-likeness (QED) is 0.814. The number of rotatable bonds is 5. The normalized spacial score (nSPS) is 16.0. The number of amides is 1. The van der Waals surface area contributed by atoms with Crippen molar-refractivity contribution >= 4 is 38.9 Å². The molecule has 26 heavy (non-hydrogen) atoms. The summed E-state index contributed by atoms with van der Waals surface area (Å²) in [5.41, 5.74) is 0.194. The average molecular weight is 417 g/mol. The molecule has 0 saturated carbocycles. The molecule has 140 valence electrons. The average Bonchev–Trinajstić information content (AvgIpc) is 3.14. The van der Waals surface area contributed by atoms with Gasteiger partial charge in [-0.3, -0.25) is 4.79 Å². The van der Waals surface area contributed by atoms with Gasteiger partial charge in [-0.05, 0) is 36.4 Å². The summed E-state index contributed by atoms with van der Waals surface area (Å²) >= 11 is 7.14. The number of nitrogens with one attached hydrogen (secondary N) is 1. The maximum absolute atomic E-state index is 13.8. The van der Waals surface area contributed by atoms with Crippen LogP contribution in [0.3, 0.4) is 0 Å². The summed E-state index contributed by atoms with van der Waals surface area (Å²) in [6, 6.07) is 7.36. The van der Waals surface area contributed by atoms with Gasteiger partial charge >= 0.3 is 0 Å². The molecule has 2 aromatic rings. The van der Waals surface area contributed by atoms with Crippen LogP contribution < -0.4 is 4.72 Å². The monoisotopic (exact) mass is 416 g/mol. The molecule has 1 saturated heterocycles. The number of carbonyl (C=O) groups is 1. The number of hydrogen-bond donors (Lipinski definition) is 1. The number of hydrogen-bond acceptors (Lipinski definition) is 4. The van der Waals surface area contributed by atoms with Crippen molar-refractivity contribution in [3.63, 3.8) is 0 Å². The number of thiophene rings is 1. The van der Waals surface area contributed by atoms with Gasteiger partial charge in [0.05, 0.1) is 6.42 Å². The molecule has 5 nitrogen and oxygen atoms in total. The molecule has 1 aromatic carbocycles. The molecule has 1 amide bonds. The van der Waals surface area contributed by atoms with Crippen molar-refractivity contribution in [2.45, 2.75) is 29.5 Å². The highest BCUT2D eigenvalue weighted by Gasteiger charge is 2.27. The van der Waals surface area contributed by atoms with Crippen molar-refractivity contribution in [1.29, 1.82) is 0 Å². The minimum absolute atomic E-state index is 0.100. The van der Waals surface area contributed by atoms with Crippen LogP contribution in [0.25, 0.3) is 0 Å². The predicted molar refractivity (Wildman–Crippen MR) is 99.4 cm³/mol. The van der Waals surface area contributed by atoms with Gasteiger partial charge in [-0.1, -0.05) is 23.7 Å². The lowest BCUT2D eigenvalue weighted by Crippen LogP contribution is -2.46. The number of sulfonamides is 1. The number of carbonyl (C=O) groups excluding carboxylic acids is 1. The molecule has 1 aromatic heterocycles. The Morgan fingerprint density at radius 3 is 2.62 bits per heavy atom. The molecule has 1 aliphatic heterocycles. The molecule has 3 rings (SSSR count). The van der Waals surface area contributed by atoms with Crippen LogP contribution in [0.2, 0.25) is 5.02 Å². The molecule has 1 N–H and O–H groups in total. The molecule has 9 heteroatoms. The smallest absolute Gasteiger partial charge is 0.250 e. The van der Waals surface area contributed by atoms with Crippen LogP contribution in [-0.2, 0) is 21.2 Å². The minimum Gasteiger partial charge on any atom is -0.342 e. The first-order valence-electron chi connectivity index (χ1n) is 8.13. The van der Waals surface area contributed by atoms with Crippen LogP contribution >= 0.6 is 22.9 Å². The molecule has 0 bridgehead atoms. The van der Waals surface area contributed by atoms with Gasteiger partial charge in [-0.15, -0.1) is 11.3 Å². The Labute approximate surface area is 160 Å². The van der Waals surface area contributed by atoms with Crippen LogP contribution in [0, 0.1) is 5.82 Å². The highest BCUT2D eigenvalue weighted by Crippen LogP contribution is 2.22. The zero-order valence-corrected chi connectivity index (χ0v) is 16.2. The molecule has 0 unspecified atom stereocenters. The van der Waals surface area contributed by atoms with E-state index in [1.54, 1.807) is 28.5 Å². The van der Waals surface area contributed by atoms with Gasteiger partial charge in [0.25, 0.3) is 0 Å². The zero-order chi connectivity index (χ0) is 18.7. The highest BCUT2D eigenvalue weighted by atomic mass is 35.5. The molecular formula is C17H18ClFN2O3S2. The van der Waals surface area contributed by atoms with Crippen molar-refractivity contribution in [2.24, 2.45) is 0 Å². The van der Waals surface area contributed by atoms with Crippen molar-refractivity contribution < 1.29 is 17.6 Å². The Kier molecular flexibility index (Phi) is 5.96. The molecule has 1 fully saturated rings. The van der Waals surface area contributed by atoms with E-state index >= 15 is 0 Å². The second-order valence-corrected chi connectivity index (χ2v) is 9.38. The van der Waals surface area contributed by atoms with Crippen molar-refractivity contribution in [2.75, 3.05) is 13.1 Å². The third-order valence-electron chi connectivity index (χ3n) is 4.32. The first-order valence-corrected chi connectivity index (χ1v) is 10.9. The second kappa shape index (κ2) is 8.04. The lowest BCUT2D eigenvalue weighted by molar-refractivity contribution is -0.131. The third kappa shape index (κ3) is 4.43. The van der Waals surface area contributed by atoms with Gasteiger partial charge in [-0.2, -0.15) is 0 Å². The van der Waals surface area contributed by atoms with Crippen molar-refractivity contribution in [1.82, 2.24) is 9.62 Å². The van der Waals surface area contributed by atoms with E-state index in [9.17, 15) is 17.6 Å². The zero-order valence-electron chi connectivity index (χ0n) is 13.8. The first-order chi connectivity index (χ1) is 12.4. The maximum atomic E-state index is 13.8. The number of likely N-dealkylation sites (tertiary alicyclic amines) is 1. The summed E-state index contributed by atoms with van der Waals surface area (Å²) in [6.07, 6.45) is 0.930. The Hall–Kier alpha value is -1.48. The van der Waals surface area contributed by atoms with Gasteiger partial charge in [0.15, 0.2) is 0 Å². The lowest BCUT2D eigenvalue weighted by atomic mass is 10.0. The summed E-state index contributed by atoms with van der Waals surface area (Å²) in [5.74, 6) is -0.707. The summed E-state index contributed by atoms with van der Waals surface area (Å²) in [4.78, 5) is 14.0. The maximum Gasteiger partial charge on any atom is 0.250 e. The number of nitrogens with zero attached hydrogens (tertiary/aromatic N) is 1. The SMILES string of the molecule is O=C(Cc1c(F)cccc1Cl)N1CCC(NS(=O)(=O)c2cccs2)CC1. The van der Waals surface area contributed by atoms with E-state index in [4.69, 9.17) is 11.6 Å². The fourth-order valence-corrected chi connectivity index (χ4v) is 5.45. The number of halogens is 2. The topological polar surface area (TPSA) is 66.5 Å². The van der Waals surface area contributed by atoms with Gasteiger partial charge in [0, 0.05) is 29.7 Å². The summed E-state index contributed by atoms with van der Waals surface area (Å²) < 4.78 is 41.3. The highest BCUT2D eigenvalue weighted by molar-refractivity contribution is 7.91. The molecule has 0 aliphatic carbocycles. The predicted octanol–water partition coefficient (Wildman–Crippen LogP) is 3.05. The summed E-state index contributed by atoms with van der Waals surface area (Å²) in [7, 11) is -3.52. The van der Waals surface area contributed by atoms with Gasteiger partial charge in [0.2, 0.25) is 15.9 Å².